The number of benzene rings is 1. The number of thiocarbonyl (C=S) groups is 1. The Morgan fingerprint density at radius 1 is 1.14 bits per heavy atom. The van der Waals surface area contributed by atoms with Crippen molar-refractivity contribution >= 4 is 45.8 Å². The fourth-order valence-electron chi connectivity index (χ4n) is 1.86. The summed E-state index contributed by atoms with van der Waals surface area (Å²) in [5.41, 5.74) is 0.642. The molecule has 0 saturated carbocycles. The van der Waals surface area contributed by atoms with Crippen molar-refractivity contribution in [1.29, 1.82) is 0 Å². The minimum Gasteiger partial charge on any atom is -0.349 e. The zero-order valence-corrected chi connectivity index (χ0v) is 15.7. The van der Waals surface area contributed by atoms with Crippen LogP contribution in [0.1, 0.15) is 49.9 Å². The van der Waals surface area contributed by atoms with E-state index in [0.717, 1.165) is 42.3 Å². The second-order valence-corrected chi connectivity index (χ2v) is 6.59. The van der Waals surface area contributed by atoms with Crippen LogP contribution in [0, 0.1) is 3.57 Å². The van der Waals surface area contributed by atoms with Crippen molar-refractivity contribution in [2.24, 2.45) is 0 Å². The van der Waals surface area contributed by atoms with E-state index in [1.807, 2.05) is 24.3 Å². The van der Waals surface area contributed by atoms with Gasteiger partial charge in [-0.1, -0.05) is 26.7 Å². The summed E-state index contributed by atoms with van der Waals surface area (Å²) < 4.78 is 1.11. The van der Waals surface area contributed by atoms with Gasteiger partial charge in [0.25, 0.3) is 5.91 Å². The fourth-order valence-corrected chi connectivity index (χ4v) is 2.50. The van der Waals surface area contributed by atoms with E-state index in [1.165, 1.54) is 0 Å². The number of unbranched alkanes of at least 4 members (excludes halogenated alkanes) is 2. The van der Waals surface area contributed by atoms with Crippen LogP contribution < -0.4 is 5.32 Å². The van der Waals surface area contributed by atoms with Gasteiger partial charge in [-0.25, -0.2) is 0 Å². The summed E-state index contributed by atoms with van der Waals surface area (Å²) in [5, 5.41) is 3.39. The zero-order chi connectivity index (χ0) is 15.7. The van der Waals surface area contributed by atoms with E-state index in [2.05, 4.69) is 46.7 Å². The highest BCUT2D eigenvalue weighted by atomic mass is 127. The molecule has 1 aromatic rings. The lowest BCUT2D eigenvalue weighted by molar-refractivity contribution is 0.0973. The van der Waals surface area contributed by atoms with Crippen LogP contribution in [0.15, 0.2) is 24.3 Å². The summed E-state index contributed by atoms with van der Waals surface area (Å²) in [6, 6.07) is 7.49. The lowest BCUT2D eigenvalue weighted by atomic mass is 10.2. The summed E-state index contributed by atoms with van der Waals surface area (Å²) >= 11 is 7.62. The number of hydrogen-bond donors (Lipinski definition) is 1. The van der Waals surface area contributed by atoms with Crippen molar-refractivity contribution in [3.8, 4) is 0 Å². The molecule has 1 amide bonds. The average molecular weight is 418 g/mol. The quantitative estimate of drug-likeness (QED) is 0.532. The smallest absolute Gasteiger partial charge is 0.257 e. The lowest BCUT2D eigenvalue weighted by Crippen LogP contribution is -2.43. The van der Waals surface area contributed by atoms with Crippen molar-refractivity contribution in [2.75, 3.05) is 13.1 Å². The summed E-state index contributed by atoms with van der Waals surface area (Å²) in [6.07, 6.45) is 4.42. The van der Waals surface area contributed by atoms with Gasteiger partial charge in [0.1, 0.15) is 0 Å². The topological polar surface area (TPSA) is 32.3 Å². The first kappa shape index (κ1) is 18.4. The molecule has 0 radical (unpaired) electrons. The van der Waals surface area contributed by atoms with Gasteiger partial charge in [0.15, 0.2) is 5.11 Å². The molecule has 0 aliphatic carbocycles. The number of amides is 1. The monoisotopic (exact) mass is 418 g/mol. The SMILES string of the molecule is CCCCN(CCCC)C(=S)NC(=O)c1ccc(I)cc1. The van der Waals surface area contributed by atoms with Crippen molar-refractivity contribution < 1.29 is 4.79 Å². The molecule has 0 atom stereocenters. The van der Waals surface area contributed by atoms with E-state index >= 15 is 0 Å². The van der Waals surface area contributed by atoms with E-state index in [9.17, 15) is 4.79 Å². The first-order valence-corrected chi connectivity index (χ1v) is 8.93. The van der Waals surface area contributed by atoms with Gasteiger partial charge in [0.05, 0.1) is 0 Å². The molecule has 1 aromatic carbocycles. The number of halogens is 1. The Hall–Kier alpha value is -0.690. The summed E-state index contributed by atoms with van der Waals surface area (Å²) in [6.45, 7) is 6.13. The van der Waals surface area contributed by atoms with Crippen molar-refractivity contribution in [2.45, 2.75) is 39.5 Å². The van der Waals surface area contributed by atoms with Gasteiger partial charge in [0, 0.05) is 22.2 Å². The molecule has 0 aromatic heterocycles. The predicted molar refractivity (Wildman–Crippen MR) is 101 cm³/mol. The molecule has 21 heavy (non-hydrogen) atoms. The van der Waals surface area contributed by atoms with Crippen LogP contribution in [0.2, 0.25) is 0 Å². The van der Waals surface area contributed by atoms with Crippen LogP contribution in [-0.2, 0) is 0 Å². The zero-order valence-electron chi connectivity index (χ0n) is 12.7. The molecule has 0 spiro atoms. The van der Waals surface area contributed by atoms with Crippen LogP contribution in [-0.4, -0.2) is 29.0 Å². The van der Waals surface area contributed by atoms with Crippen LogP contribution in [0.5, 0.6) is 0 Å². The summed E-state index contributed by atoms with van der Waals surface area (Å²) in [5.74, 6) is -0.130. The molecular formula is C16H23IN2OS. The maximum atomic E-state index is 12.2. The van der Waals surface area contributed by atoms with Crippen molar-refractivity contribution in [3.63, 3.8) is 0 Å². The molecule has 116 valence electrons. The Morgan fingerprint density at radius 2 is 1.67 bits per heavy atom. The average Bonchev–Trinajstić information content (AvgIpc) is 2.47. The third-order valence-corrected chi connectivity index (χ3v) is 4.26. The van der Waals surface area contributed by atoms with Crippen LogP contribution in [0.4, 0.5) is 0 Å². The Labute approximate surface area is 146 Å². The second-order valence-electron chi connectivity index (χ2n) is 4.96. The molecule has 1 rings (SSSR count). The third kappa shape index (κ3) is 6.74. The van der Waals surface area contributed by atoms with E-state index < -0.39 is 0 Å². The Bertz CT molecular complexity index is 454. The highest BCUT2D eigenvalue weighted by Gasteiger charge is 2.13. The van der Waals surface area contributed by atoms with E-state index in [-0.39, 0.29) is 5.91 Å². The largest absolute Gasteiger partial charge is 0.349 e. The van der Waals surface area contributed by atoms with Crippen molar-refractivity contribution in [1.82, 2.24) is 10.2 Å². The molecule has 0 heterocycles. The van der Waals surface area contributed by atoms with Crippen LogP contribution >= 0.6 is 34.8 Å². The van der Waals surface area contributed by atoms with Gasteiger partial charge in [-0.05, 0) is 71.9 Å². The highest BCUT2D eigenvalue weighted by molar-refractivity contribution is 14.1. The molecule has 5 heteroatoms. The van der Waals surface area contributed by atoms with E-state index in [4.69, 9.17) is 12.2 Å². The van der Waals surface area contributed by atoms with Gasteiger partial charge in [0.2, 0.25) is 0 Å². The van der Waals surface area contributed by atoms with E-state index in [0.29, 0.717) is 10.7 Å². The molecule has 0 fully saturated rings. The maximum absolute atomic E-state index is 12.2. The van der Waals surface area contributed by atoms with E-state index in [1.54, 1.807) is 0 Å². The van der Waals surface area contributed by atoms with Crippen molar-refractivity contribution in [3.05, 3.63) is 33.4 Å². The fraction of sp³-hybridized carbons (Fsp3) is 0.500. The highest BCUT2D eigenvalue weighted by Crippen LogP contribution is 2.07. The van der Waals surface area contributed by atoms with Gasteiger partial charge in [-0.15, -0.1) is 0 Å². The Balaban J connectivity index is 2.61. The molecule has 3 nitrogen and oxygen atoms in total. The van der Waals surface area contributed by atoms with Gasteiger partial charge in [-0.2, -0.15) is 0 Å². The normalized spacial score (nSPS) is 10.2. The third-order valence-electron chi connectivity index (χ3n) is 3.18. The predicted octanol–water partition coefficient (Wildman–Crippen LogP) is 4.21. The molecule has 1 N–H and O–H groups in total. The number of carbonyl (C=O) groups is 1. The molecule has 0 bridgehead atoms. The molecule has 0 saturated heterocycles. The van der Waals surface area contributed by atoms with Gasteiger partial charge in [-0.3, -0.25) is 10.1 Å². The molecule has 0 unspecified atom stereocenters. The Morgan fingerprint density at radius 3 is 2.14 bits per heavy atom. The molecule has 0 aliphatic rings. The van der Waals surface area contributed by atoms with Crippen LogP contribution in [0.3, 0.4) is 0 Å². The molecule has 0 aliphatic heterocycles. The number of rotatable bonds is 7. The minimum absolute atomic E-state index is 0.130. The van der Waals surface area contributed by atoms with Gasteiger partial charge >= 0.3 is 0 Å². The number of nitrogens with one attached hydrogen (secondary N) is 1. The number of nitrogens with zero attached hydrogens (tertiary/aromatic N) is 1. The standard InChI is InChI=1S/C16H23IN2OS/c1-3-5-11-19(12-6-4-2)16(21)18-15(20)13-7-9-14(17)10-8-13/h7-10H,3-6,11-12H2,1-2H3,(H,18,20,21). The summed E-state index contributed by atoms with van der Waals surface area (Å²) in [7, 11) is 0. The van der Waals surface area contributed by atoms with Gasteiger partial charge < -0.3 is 4.90 Å². The molecular weight excluding hydrogens is 395 g/mol. The lowest BCUT2D eigenvalue weighted by Gasteiger charge is -2.25. The first-order valence-electron chi connectivity index (χ1n) is 7.44. The number of carbonyl (C=O) groups excluding carboxylic acids is 1. The summed E-state index contributed by atoms with van der Waals surface area (Å²) in [4.78, 5) is 14.3. The second kappa shape index (κ2) is 10.1. The first-order chi connectivity index (χ1) is 10.1. The Kier molecular flexibility index (Phi) is 8.84. The van der Waals surface area contributed by atoms with Crippen LogP contribution in [0.25, 0.3) is 0 Å². The minimum atomic E-state index is -0.130. The number of hydrogen-bond acceptors (Lipinski definition) is 2. The maximum Gasteiger partial charge on any atom is 0.257 e.